The molecule has 3 aromatic rings. The third-order valence-corrected chi connectivity index (χ3v) is 4.87. The van der Waals surface area contributed by atoms with Gasteiger partial charge in [0.05, 0.1) is 22.9 Å². The Labute approximate surface area is 158 Å². The van der Waals surface area contributed by atoms with Crippen LogP contribution in [0.3, 0.4) is 0 Å². The number of anilines is 1. The molecule has 0 saturated carbocycles. The molecule has 25 heavy (non-hydrogen) atoms. The van der Waals surface area contributed by atoms with Crippen molar-refractivity contribution in [2.75, 3.05) is 5.32 Å². The lowest BCUT2D eigenvalue weighted by molar-refractivity contribution is -0.119. The zero-order valence-electron chi connectivity index (χ0n) is 13.8. The topological polar surface area (TPSA) is 64.7 Å². The van der Waals surface area contributed by atoms with Gasteiger partial charge >= 0.3 is 0 Å². The number of amides is 1. The summed E-state index contributed by atoms with van der Waals surface area (Å²) in [7, 11) is 0. The first-order valence-corrected chi connectivity index (χ1v) is 8.89. The first kappa shape index (κ1) is 17.7. The minimum absolute atomic E-state index is 0.174. The third-order valence-electron chi connectivity index (χ3n) is 3.86. The lowest BCUT2D eigenvalue weighted by Crippen LogP contribution is -2.25. The molecule has 0 radical (unpaired) electrons. The smallest absolute Gasteiger partial charge is 0.250 e. The molecule has 3 rings (SSSR count). The van der Waals surface area contributed by atoms with Crippen LogP contribution in [0.25, 0.3) is 0 Å². The van der Waals surface area contributed by atoms with Crippen LogP contribution < -0.4 is 5.32 Å². The molecule has 0 aliphatic rings. The first-order chi connectivity index (χ1) is 11.9. The van der Waals surface area contributed by atoms with Gasteiger partial charge < -0.3 is 5.32 Å². The molecule has 2 heterocycles. The molecule has 6 nitrogen and oxygen atoms in total. The number of aromatic nitrogens is 4. The number of hydrogen-bond acceptors (Lipinski definition) is 3. The number of rotatable bonds is 5. The van der Waals surface area contributed by atoms with Crippen LogP contribution in [0.2, 0.25) is 5.02 Å². The van der Waals surface area contributed by atoms with Crippen molar-refractivity contribution in [2.45, 2.75) is 26.4 Å². The maximum Gasteiger partial charge on any atom is 0.250 e. The van der Waals surface area contributed by atoms with Crippen LogP contribution in [0.5, 0.6) is 0 Å². The predicted molar refractivity (Wildman–Crippen MR) is 101 cm³/mol. The highest BCUT2D eigenvalue weighted by Gasteiger charge is 2.19. The highest BCUT2D eigenvalue weighted by molar-refractivity contribution is 9.10. The minimum atomic E-state index is -0.440. The van der Waals surface area contributed by atoms with E-state index in [-0.39, 0.29) is 5.91 Å². The largest absolute Gasteiger partial charge is 0.307 e. The molecule has 8 heteroatoms. The number of halogens is 2. The summed E-state index contributed by atoms with van der Waals surface area (Å²) in [6.07, 6.45) is 3.50. The van der Waals surface area contributed by atoms with E-state index < -0.39 is 6.04 Å². The van der Waals surface area contributed by atoms with E-state index in [9.17, 15) is 4.79 Å². The van der Waals surface area contributed by atoms with Crippen LogP contribution >= 0.6 is 27.5 Å². The van der Waals surface area contributed by atoms with Crippen LogP contribution in [-0.4, -0.2) is 25.5 Å². The zero-order chi connectivity index (χ0) is 18.0. The summed E-state index contributed by atoms with van der Waals surface area (Å²) in [5.41, 5.74) is 1.94. The van der Waals surface area contributed by atoms with Crippen molar-refractivity contribution >= 4 is 39.3 Å². The van der Waals surface area contributed by atoms with Crippen LogP contribution in [-0.2, 0) is 11.3 Å². The molecule has 0 aliphatic heterocycles. The molecule has 130 valence electrons. The van der Waals surface area contributed by atoms with Gasteiger partial charge in [-0.05, 0) is 47.5 Å². The maximum atomic E-state index is 12.4. The number of nitrogens with one attached hydrogen (secondary N) is 1. The molecule has 1 amide bonds. The summed E-state index contributed by atoms with van der Waals surface area (Å²) in [5.74, 6) is 0.328. The Morgan fingerprint density at radius 2 is 2.20 bits per heavy atom. The molecule has 1 N–H and O–H groups in total. The monoisotopic (exact) mass is 421 g/mol. The molecule has 0 spiro atoms. The highest BCUT2D eigenvalue weighted by Crippen LogP contribution is 2.19. The molecule has 0 saturated heterocycles. The van der Waals surface area contributed by atoms with E-state index in [2.05, 4.69) is 31.4 Å². The molecular weight excluding hydrogens is 406 g/mol. The normalized spacial score (nSPS) is 12.2. The molecule has 2 aromatic heterocycles. The number of benzene rings is 1. The first-order valence-electron chi connectivity index (χ1n) is 7.72. The second-order valence-electron chi connectivity index (χ2n) is 5.72. The fourth-order valence-corrected chi connectivity index (χ4v) is 2.96. The second kappa shape index (κ2) is 7.41. The Hall–Kier alpha value is -2.12. The lowest BCUT2D eigenvalue weighted by atomic mass is 10.2. The van der Waals surface area contributed by atoms with Crippen molar-refractivity contribution in [3.05, 3.63) is 63.5 Å². The fraction of sp³-hybridized carbons (Fsp3) is 0.235. The van der Waals surface area contributed by atoms with Crippen LogP contribution in [0, 0.1) is 6.92 Å². The minimum Gasteiger partial charge on any atom is -0.307 e. The van der Waals surface area contributed by atoms with E-state index in [1.807, 2.05) is 37.4 Å². The van der Waals surface area contributed by atoms with Gasteiger partial charge in [0.15, 0.2) is 5.82 Å². The van der Waals surface area contributed by atoms with E-state index in [0.29, 0.717) is 17.4 Å². The quantitative estimate of drug-likeness (QED) is 0.674. The second-order valence-corrected chi connectivity index (χ2v) is 7.01. The number of carbonyl (C=O) groups excluding carboxylic acids is 1. The third kappa shape index (κ3) is 4.11. The zero-order valence-corrected chi connectivity index (χ0v) is 16.1. The van der Waals surface area contributed by atoms with Crippen LogP contribution in [0.15, 0.2) is 47.2 Å². The van der Waals surface area contributed by atoms with Gasteiger partial charge in [-0.15, -0.1) is 0 Å². The Morgan fingerprint density at radius 3 is 2.88 bits per heavy atom. The molecule has 0 bridgehead atoms. The average molecular weight is 423 g/mol. The Bertz CT molecular complexity index is 904. The van der Waals surface area contributed by atoms with Crippen molar-refractivity contribution in [2.24, 2.45) is 0 Å². The van der Waals surface area contributed by atoms with Crippen molar-refractivity contribution in [1.82, 2.24) is 19.6 Å². The Morgan fingerprint density at radius 1 is 1.40 bits per heavy atom. The fourth-order valence-electron chi connectivity index (χ4n) is 2.47. The van der Waals surface area contributed by atoms with Gasteiger partial charge in [-0.1, -0.05) is 23.7 Å². The Kier molecular flexibility index (Phi) is 5.24. The van der Waals surface area contributed by atoms with Gasteiger partial charge in [-0.2, -0.15) is 10.2 Å². The van der Waals surface area contributed by atoms with Crippen molar-refractivity contribution in [3.8, 4) is 0 Å². The average Bonchev–Trinajstić information content (AvgIpc) is 3.14. The van der Waals surface area contributed by atoms with E-state index in [1.54, 1.807) is 28.6 Å². The van der Waals surface area contributed by atoms with Crippen molar-refractivity contribution in [3.63, 3.8) is 0 Å². The Balaban J connectivity index is 1.66. The SMILES string of the molecule is Cc1c(Br)cnn1C(C)C(=O)Nc1ccn(Cc2cccc(Cl)c2)n1. The standard InChI is InChI=1S/C17H17BrClN5O/c1-11-15(18)9-20-24(11)12(2)17(25)21-16-6-7-23(22-16)10-13-4-3-5-14(19)8-13/h3-9,12H,10H2,1-2H3,(H,21,22,25). The molecule has 1 unspecified atom stereocenters. The van der Waals surface area contributed by atoms with Crippen LogP contribution in [0.1, 0.15) is 24.2 Å². The van der Waals surface area contributed by atoms with Gasteiger partial charge in [-0.25, -0.2) is 0 Å². The number of nitrogens with zero attached hydrogens (tertiary/aromatic N) is 4. The van der Waals surface area contributed by atoms with Gasteiger partial charge in [-0.3, -0.25) is 14.2 Å². The molecule has 0 aliphatic carbocycles. The lowest BCUT2D eigenvalue weighted by Gasteiger charge is -2.13. The van der Waals surface area contributed by atoms with Gasteiger partial charge in [0.2, 0.25) is 5.91 Å². The summed E-state index contributed by atoms with van der Waals surface area (Å²) in [5, 5.41) is 12.1. The van der Waals surface area contributed by atoms with E-state index >= 15 is 0 Å². The summed E-state index contributed by atoms with van der Waals surface area (Å²) in [6, 6.07) is 8.92. The molecule has 0 fully saturated rings. The highest BCUT2D eigenvalue weighted by atomic mass is 79.9. The number of carbonyl (C=O) groups is 1. The van der Waals surface area contributed by atoms with Crippen molar-refractivity contribution in [1.29, 1.82) is 0 Å². The van der Waals surface area contributed by atoms with Crippen molar-refractivity contribution < 1.29 is 4.79 Å². The molecule has 1 aromatic carbocycles. The van der Waals surface area contributed by atoms with Gasteiger partial charge in [0.1, 0.15) is 6.04 Å². The van der Waals surface area contributed by atoms with Gasteiger partial charge in [0.25, 0.3) is 0 Å². The maximum absolute atomic E-state index is 12.4. The van der Waals surface area contributed by atoms with Gasteiger partial charge in [0, 0.05) is 17.3 Å². The summed E-state index contributed by atoms with van der Waals surface area (Å²) >= 11 is 9.39. The summed E-state index contributed by atoms with van der Waals surface area (Å²) < 4.78 is 4.29. The van der Waals surface area contributed by atoms with Crippen LogP contribution in [0.4, 0.5) is 5.82 Å². The molecule has 1 atom stereocenters. The molecular formula is C17H17BrClN5O. The van der Waals surface area contributed by atoms with E-state index in [0.717, 1.165) is 15.7 Å². The van der Waals surface area contributed by atoms with E-state index in [1.165, 1.54) is 0 Å². The summed E-state index contributed by atoms with van der Waals surface area (Å²) in [4.78, 5) is 12.4. The summed E-state index contributed by atoms with van der Waals surface area (Å²) in [6.45, 7) is 4.28. The van der Waals surface area contributed by atoms with E-state index in [4.69, 9.17) is 11.6 Å². The number of hydrogen-bond donors (Lipinski definition) is 1. The predicted octanol–water partition coefficient (Wildman–Crippen LogP) is 4.05.